The zero-order chi connectivity index (χ0) is 18.7. The van der Waals surface area contributed by atoms with E-state index < -0.39 is 5.60 Å². The Balaban J connectivity index is 1.63. The Morgan fingerprint density at radius 3 is 2.62 bits per heavy atom. The van der Waals surface area contributed by atoms with E-state index in [1.165, 1.54) is 24.2 Å². The van der Waals surface area contributed by atoms with Crippen LogP contribution in [0.3, 0.4) is 0 Å². The molecule has 3 fully saturated rings. The fourth-order valence-corrected chi connectivity index (χ4v) is 5.98. The van der Waals surface area contributed by atoms with Crippen LogP contribution in [-0.4, -0.2) is 40.6 Å². The van der Waals surface area contributed by atoms with Gasteiger partial charge < -0.3 is 10.4 Å². The smallest absolute Gasteiger partial charge is 0.261 e. The minimum absolute atomic E-state index is 0.00571. The van der Waals surface area contributed by atoms with E-state index in [2.05, 4.69) is 24.1 Å². The lowest BCUT2D eigenvalue weighted by Crippen LogP contribution is -2.69. The van der Waals surface area contributed by atoms with E-state index in [1.54, 1.807) is 13.8 Å². The number of nitrogens with one attached hydrogen (secondary N) is 1. The van der Waals surface area contributed by atoms with Crippen molar-refractivity contribution in [3.05, 3.63) is 34.7 Å². The van der Waals surface area contributed by atoms with Gasteiger partial charge >= 0.3 is 0 Å². The largest absolute Gasteiger partial charge is 0.386 e. The molecule has 2 bridgehead atoms. The van der Waals surface area contributed by atoms with E-state index in [1.807, 2.05) is 24.3 Å². The molecule has 0 unspecified atom stereocenters. The van der Waals surface area contributed by atoms with E-state index in [-0.39, 0.29) is 17.5 Å². The summed E-state index contributed by atoms with van der Waals surface area (Å²) in [7, 11) is 0. The zero-order valence-electron chi connectivity index (χ0n) is 16.0. The van der Waals surface area contributed by atoms with Gasteiger partial charge in [-0.2, -0.15) is 0 Å². The second-order valence-corrected chi connectivity index (χ2v) is 9.88. The van der Waals surface area contributed by atoms with Crippen molar-refractivity contribution in [1.29, 1.82) is 0 Å². The molecule has 3 aliphatic rings. The first-order valence-electron chi connectivity index (χ1n) is 9.49. The van der Waals surface area contributed by atoms with Gasteiger partial charge in [0.15, 0.2) is 0 Å². The molecule has 1 amide bonds. The van der Waals surface area contributed by atoms with Crippen LogP contribution < -0.4 is 5.32 Å². The van der Waals surface area contributed by atoms with Crippen LogP contribution in [0.2, 0.25) is 0 Å². The summed E-state index contributed by atoms with van der Waals surface area (Å²) >= 11 is 1.48. The van der Waals surface area contributed by atoms with Crippen molar-refractivity contribution in [2.75, 3.05) is 13.1 Å². The van der Waals surface area contributed by atoms with E-state index in [4.69, 9.17) is 0 Å². The number of rotatable bonds is 3. The third-order valence-corrected chi connectivity index (χ3v) is 7.48. The van der Waals surface area contributed by atoms with Crippen LogP contribution in [0.5, 0.6) is 0 Å². The van der Waals surface area contributed by atoms with Crippen molar-refractivity contribution in [2.45, 2.75) is 57.7 Å². The molecular formula is C21H28N2O2S. The molecule has 3 saturated heterocycles. The van der Waals surface area contributed by atoms with Gasteiger partial charge in [-0.15, -0.1) is 11.3 Å². The summed E-state index contributed by atoms with van der Waals surface area (Å²) in [6, 6.07) is 8.04. The number of nitrogens with zero attached hydrogens (tertiary/aromatic N) is 1. The number of hydrogen-bond donors (Lipinski definition) is 2. The molecule has 1 aromatic carbocycles. The molecule has 5 rings (SSSR count). The maximum atomic E-state index is 13.0. The maximum absolute atomic E-state index is 13.0. The van der Waals surface area contributed by atoms with E-state index in [0.29, 0.717) is 5.92 Å². The molecule has 0 aliphatic carbocycles. The van der Waals surface area contributed by atoms with E-state index in [0.717, 1.165) is 33.6 Å². The number of carbonyl (C=O) groups excluding carboxylic acids is 1. The SMILES string of the molecule is CC(C)(O)c1cccc2cc(C(=O)N[C@H]3C4CCN(CC4)C3(C)C)sc12. The maximum Gasteiger partial charge on any atom is 0.261 e. The molecule has 2 aromatic rings. The first-order valence-corrected chi connectivity index (χ1v) is 10.3. The number of aliphatic hydroxyl groups is 1. The van der Waals surface area contributed by atoms with Crippen LogP contribution in [0.25, 0.3) is 10.1 Å². The predicted octanol–water partition coefficient (Wildman–Crippen LogP) is 3.73. The standard InChI is InChI=1S/C21H28N2O2S/c1-20(2)18(13-8-10-23(20)11-9-13)22-19(24)16-12-14-6-5-7-15(17(14)26-16)21(3,4)25/h5-7,12-13,18,25H,8-11H2,1-4H3,(H,22,24)/t18-/m0/s1. The van der Waals surface area contributed by atoms with Crippen LogP contribution in [0.4, 0.5) is 0 Å². The highest BCUT2D eigenvalue weighted by molar-refractivity contribution is 7.21. The van der Waals surface area contributed by atoms with Crippen LogP contribution in [-0.2, 0) is 5.60 Å². The number of carbonyl (C=O) groups is 1. The number of fused-ring (bicyclic) bond motifs is 4. The normalized spacial score (nSPS) is 27.7. The molecular weight excluding hydrogens is 344 g/mol. The molecule has 0 saturated carbocycles. The fourth-order valence-electron chi connectivity index (χ4n) is 4.75. The molecule has 3 aliphatic heterocycles. The van der Waals surface area contributed by atoms with Crippen molar-refractivity contribution in [2.24, 2.45) is 5.92 Å². The summed E-state index contributed by atoms with van der Waals surface area (Å²) in [6.45, 7) is 10.4. The highest BCUT2D eigenvalue weighted by Crippen LogP contribution is 2.40. The Bertz CT molecular complexity index is 841. The van der Waals surface area contributed by atoms with Crippen LogP contribution in [0, 0.1) is 5.92 Å². The number of piperidine rings is 3. The Hall–Kier alpha value is -1.43. The van der Waals surface area contributed by atoms with Crippen LogP contribution in [0.15, 0.2) is 24.3 Å². The summed E-state index contributed by atoms with van der Waals surface area (Å²) in [6.07, 6.45) is 2.34. The Morgan fingerprint density at radius 1 is 1.31 bits per heavy atom. The average Bonchev–Trinajstić information content (AvgIpc) is 3.01. The first kappa shape index (κ1) is 18.0. The second-order valence-electron chi connectivity index (χ2n) is 8.82. The van der Waals surface area contributed by atoms with Gasteiger partial charge in [-0.3, -0.25) is 9.69 Å². The third kappa shape index (κ3) is 2.86. The van der Waals surface area contributed by atoms with Crippen molar-refractivity contribution in [1.82, 2.24) is 10.2 Å². The second kappa shape index (κ2) is 6.04. The molecule has 4 nitrogen and oxygen atoms in total. The molecule has 1 aromatic heterocycles. The Morgan fingerprint density at radius 2 is 2.00 bits per heavy atom. The topological polar surface area (TPSA) is 52.6 Å². The molecule has 4 heterocycles. The fraction of sp³-hybridized carbons (Fsp3) is 0.571. The highest BCUT2D eigenvalue weighted by Gasteiger charge is 2.48. The van der Waals surface area contributed by atoms with Gasteiger partial charge in [-0.1, -0.05) is 18.2 Å². The molecule has 1 atom stereocenters. The monoisotopic (exact) mass is 372 g/mol. The molecule has 5 heteroatoms. The molecule has 0 spiro atoms. The predicted molar refractivity (Wildman–Crippen MR) is 107 cm³/mol. The summed E-state index contributed by atoms with van der Waals surface area (Å²) in [5.41, 5.74) is -0.0380. The molecule has 26 heavy (non-hydrogen) atoms. The molecule has 2 N–H and O–H groups in total. The van der Waals surface area contributed by atoms with Gasteiger partial charge in [0.05, 0.1) is 10.5 Å². The lowest BCUT2D eigenvalue weighted by Gasteiger charge is -2.56. The highest BCUT2D eigenvalue weighted by atomic mass is 32.1. The first-order chi connectivity index (χ1) is 12.2. The lowest BCUT2D eigenvalue weighted by atomic mass is 9.72. The van der Waals surface area contributed by atoms with Gasteiger partial charge in [0, 0.05) is 21.8 Å². The van der Waals surface area contributed by atoms with Gasteiger partial charge in [0.1, 0.15) is 0 Å². The number of amides is 1. The Kier molecular flexibility index (Phi) is 4.17. The Labute approximate surface area is 159 Å². The van der Waals surface area contributed by atoms with Crippen molar-refractivity contribution < 1.29 is 9.90 Å². The summed E-state index contributed by atoms with van der Waals surface area (Å²) < 4.78 is 0.998. The van der Waals surface area contributed by atoms with E-state index in [9.17, 15) is 9.90 Å². The third-order valence-electron chi connectivity index (χ3n) is 6.30. The summed E-state index contributed by atoms with van der Waals surface area (Å²) in [4.78, 5) is 16.3. The lowest BCUT2D eigenvalue weighted by molar-refractivity contribution is -0.0377. The summed E-state index contributed by atoms with van der Waals surface area (Å²) in [5, 5.41) is 14.8. The minimum Gasteiger partial charge on any atom is -0.386 e. The van der Waals surface area contributed by atoms with Crippen molar-refractivity contribution >= 4 is 27.3 Å². The number of thiophene rings is 1. The number of benzene rings is 1. The van der Waals surface area contributed by atoms with Crippen LogP contribution >= 0.6 is 11.3 Å². The number of hydrogen-bond acceptors (Lipinski definition) is 4. The van der Waals surface area contributed by atoms with Gasteiger partial charge in [-0.05, 0) is 71.0 Å². The van der Waals surface area contributed by atoms with Gasteiger partial charge in [0.2, 0.25) is 0 Å². The van der Waals surface area contributed by atoms with E-state index >= 15 is 0 Å². The average molecular weight is 373 g/mol. The van der Waals surface area contributed by atoms with Crippen molar-refractivity contribution in [3.63, 3.8) is 0 Å². The molecule has 0 radical (unpaired) electrons. The zero-order valence-corrected chi connectivity index (χ0v) is 16.8. The van der Waals surface area contributed by atoms with Crippen LogP contribution in [0.1, 0.15) is 55.8 Å². The van der Waals surface area contributed by atoms with Gasteiger partial charge in [-0.25, -0.2) is 0 Å². The van der Waals surface area contributed by atoms with Crippen molar-refractivity contribution in [3.8, 4) is 0 Å². The quantitative estimate of drug-likeness (QED) is 0.863. The van der Waals surface area contributed by atoms with Gasteiger partial charge in [0.25, 0.3) is 5.91 Å². The summed E-state index contributed by atoms with van der Waals surface area (Å²) in [5.74, 6) is 0.583. The minimum atomic E-state index is -0.921. The molecule has 140 valence electrons.